The summed E-state index contributed by atoms with van der Waals surface area (Å²) in [4.78, 5) is 15.3. The van der Waals surface area contributed by atoms with Gasteiger partial charge in [0.2, 0.25) is 0 Å². The van der Waals surface area contributed by atoms with Gasteiger partial charge in [-0.2, -0.15) is 0 Å². The number of hydrogen-bond donors (Lipinski definition) is 0. The Balaban J connectivity index is 1.84. The van der Waals surface area contributed by atoms with Crippen LogP contribution in [0.3, 0.4) is 0 Å². The van der Waals surface area contributed by atoms with Gasteiger partial charge in [0.15, 0.2) is 0 Å². The van der Waals surface area contributed by atoms with E-state index in [0.29, 0.717) is 32.6 Å². The smallest absolute Gasteiger partial charge is 0.305 e. The molecule has 1 aromatic heterocycles. The first-order chi connectivity index (χ1) is 10.3. The quantitative estimate of drug-likeness (QED) is 0.553. The Morgan fingerprint density at radius 1 is 1.33 bits per heavy atom. The number of imidazole rings is 1. The minimum Gasteiger partial charge on any atom is -0.493 e. The summed E-state index contributed by atoms with van der Waals surface area (Å²) in [5, 5.41) is 0. The minimum absolute atomic E-state index is 0.173. The third kappa shape index (κ3) is 4.95. The lowest BCUT2D eigenvalue weighted by molar-refractivity contribution is -0.143. The van der Waals surface area contributed by atoms with E-state index in [1.165, 1.54) is 0 Å². The molecule has 5 heteroatoms. The summed E-state index contributed by atoms with van der Waals surface area (Å²) < 4.78 is 12.6. The molecule has 21 heavy (non-hydrogen) atoms. The molecule has 0 saturated heterocycles. The highest BCUT2D eigenvalue weighted by Gasteiger charge is 2.05. The largest absolute Gasteiger partial charge is 0.493 e. The standard InChI is InChI=1S/C16H20N2O3/c1-2-20-16(19)8-5-11-21-15-7-4-3-6-14(15)12-18-10-9-17-13-18/h3-4,6-7,9-10,13H,2,5,8,11-12H2,1H3. The molecule has 2 rings (SSSR count). The molecule has 0 spiro atoms. The minimum atomic E-state index is -0.173. The topological polar surface area (TPSA) is 53.4 Å². The van der Waals surface area contributed by atoms with Crippen molar-refractivity contribution in [3.63, 3.8) is 0 Å². The van der Waals surface area contributed by atoms with Gasteiger partial charge in [0.05, 0.1) is 26.1 Å². The molecule has 0 aliphatic rings. The van der Waals surface area contributed by atoms with Crippen LogP contribution in [-0.2, 0) is 16.1 Å². The van der Waals surface area contributed by atoms with Crippen LogP contribution in [0.25, 0.3) is 0 Å². The maximum atomic E-state index is 11.2. The van der Waals surface area contributed by atoms with Crippen molar-refractivity contribution in [2.75, 3.05) is 13.2 Å². The van der Waals surface area contributed by atoms with Crippen molar-refractivity contribution >= 4 is 5.97 Å². The van der Waals surface area contributed by atoms with Gasteiger partial charge in [0.1, 0.15) is 5.75 Å². The van der Waals surface area contributed by atoms with Gasteiger partial charge in [0.25, 0.3) is 0 Å². The molecule has 2 aromatic rings. The number of aromatic nitrogens is 2. The Hall–Kier alpha value is -2.30. The maximum absolute atomic E-state index is 11.2. The number of para-hydroxylation sites is 1. The third-order valence-electron chi connectivity index (χ3n) is 2.97. The van der Waals surface area contributed by atoms with Gasteiger partial charge in [-0.15, -0.1) is 0 Å². The van der Waals surface area contributed by atoms with Crippen LogP contribution in [0.1, 0.15) is 25.3 Å². The Kier molecular flexibility index (Phi) is 5.82. The Bertz CT molecular complexity index is 552. The lowest BCUT2D eigenvalue weighted by Gasteiger charge is -2.11. The lowest BCUT2D eigenvalue weighted by atomic mass is 10.2. The maximum Gasteiger partial charge on any atom is 0.305 e. The number of carbonyl (C=O) groups is 1. The zero-order valence-corrected chi connectivity index (χ0v) is 12.2. The second-order valence-electron chi connectivity index (χ2n) is 4.60. The van der Waals surface area contributed by atoms with Crippen LogP contribution in [0.5, 0.6) is 5.75 Å². The molecule has 0 saturated carbocycles. The van der Waals surface area contributed by atoms with Gasteiger partial charge in [-0.1, -0.05) is 18.2 Å². The predicted octanol–water partition coefficient (Wildman–Crippen LogP) is 2.65. The molecule has 112 valence electrons. The molecule has 0 bridgehead atoms. The third-order valence-corrected chi connectivity index (χ3v) is 2.97. The first-order valence-electron chi connectivity index (χ1n) is 7.11. The molecule has 0 atom stereocenters. The first-order valence-corrected chi connectivity index (χ1v) is 7.11. The van der Waals surface area contributed by atoms with Crippen molar-refractivity contribution in [2.45, 2.75) is 26.3 Å². The summed E-state index contributed by atoms with van der Waals surface area (Å²) in [5.41, 5.74) is 1.09. The van der Waals surface area contributed by atoms with Gasteiger partial charge in [-0.25, -0.2) is 4.98 Å². The van der Waals surface area contributed by atoms with Crippen molar-refractivity contribution in [2.24, 2.45) is 0 Å². The fourth-order valence-corrected chi connectivity index (χ4v) is 1.98. The van der Waals surface area contributed by atoms with Crippen LogP contribution < -0.4 is 4.74 Å². The van der Waals surface area contributed by atoms with Gasteiger partial charge < -0.3 is 14.0 Å². The molecular formula is C16H20N2O3. The van der Waals surface area contributed by atoms with E-state index in [2.05, 4.69) is 4.98 Å². The van der Waals surface area contributed by atoms with Crippen molar-refractivity contribution in [3.05, 3.63) is 48.5 Å². The summed E-state index contributed by atoms with van der Waals surface area (Å²) in [6.45, 7) is 3.45. The van der Waals surface area contributed by atoms with E-state index in [-0.39, 0.29) is 5.97 Å². The molecule has 1 aromatic carbocycles. The van der Waals surface area contributed by atoms with Crippen LogP contribution in [0.4, 0.5) is 0 Å². The summed E-state index contributed by atoms with van der Waals surface area (Å²) >= 11 is 0. The van der Waals surface area contributed by atoms with E-state index in [1.807, 2.05) is 35.0 Å². The van der Waals surface area contributed by atoms with Crippen LogP contribution >= 0.6 is 0 Å². The number of nitrogens with zero attached hydrogens (tertiary/aromatic N) is 2. The first kappa shape index (κ1) is 15.1. The summed E-state index contributed by atoms with van der Waals surface area (Å²) in [6, 6.07) is 7.90. The number of ether oxygens (including phenoxy) is 2. The van der Waals surface area contributed by atoms with Crippen molar-refractivity contribution in [3.8, 4) is 5.75 Å². The number of esters is 1. The number of benzene rings is 1. The fourth-order valence-electron chi connectivity index (χ4n) is 1.98. The van der Waals surface area contributed by atoms with Crippen molar-refractivity contribution < 1.29 is 14.3 Å². The normalized spacial score (nSPS) is 10.3. The fraction of sp³-hybridized carbons (Fsp3) is 0.375. The van der Waals surface area contributed by atoms with E-state index in [9.17, 15) is 4.79 Å². The summed E-state index contributed by atoms with van der Waals surface area (Å²) in [5.74, 6) is 0.669. The highest BCUT2D eigenvalue weighted by molar-refractivity contribution is 5.69. The van der Waals surface area contributed by atoms with Crippen LogP contribution in [0.2, 0.25) is 0 Å². The number of rotatable bonds is 8. The highest BCUT2D eigenvalue weighted by atomic mass is 16.5. The zero-order chi connectivity index (χ0) is 14.9. The molecule has 1 heterocycles. The van der Waals surface area contributed by atoms with Crippen molar-refractivity contribution in [1.82, 2.24) is 9.55 Å². The average Bonchev–Trinajstić information content (AvgIpc) is 2.98. The van der Waals surface area contributed by atoms with Crippen LogP contribution in [0.15, 0.2) is 43.0 Å². The molecule has 5 nitrogen and oxygen atoms in total. The second-order valence-corrected chi connectivity index (χ2v) is 4.60. The van der Waals surface area contributed by atoms with E-state index in [0.717, 1.165) is 11.3 Å². The zero-order valence-electron chi connectivity index (χ0n) is 12.2. The molecule has 0 N–H and O–H groups in total. The van der Waals surface area contributed by atoms with E-state index >= 15 is 0 Å². The molecule has 0 radical (unpaired) electrons. The average molecular weight is 288 g/mol. The molecule has 0 aliphatic heterocycles. The highest BCUT2D eigenvalue weighted by Crippen LogP contribution is 2.19. The monoisotopic (exact) mass is 288 g/mol. The second kappa shape index (κ2) is 8.09. The Morgan fingerprint density at radius 3 is 2.95 bits per heavy atom. The van der Waals surface area contributed by atoms with E-state index in [1.54, 1.807) is 19.4 Å². The van der Waals surface area contributed by atoms with Crippen LogP contribution in [0, 0.1) is 0 Å². The summed E-state index contributed by atoms with van der Waals surface area (Å²) in [6.07, 6.45) is 6.48. The van der Waals surface area contributed by atoms with Gasteiger partial charge in [-0.3, -0.25) is 4.79 Å². The van der Waals surface area contributed by atoms with Gasteiger partial charge >= 0.3 is 5.97 Å². The SMILES string of the molecule is CCOC(=O)CCCOc1ccccc1Cn1ccnc1. The molecule has 0 aliphatic carbocycles. The van der Waals surface area contributed by atoms with E-state index in [4.69, 9.17) is 9.47 Å². The Morgan fingerprint density at radius 2 is 2.19 bits per heavy atom. The van der Waals surface area contributed by atoms with Gasteiger partial charge in [0, 0.05) is 24.4 Å². The van der Waals surface area contributed by atoms with Crippen LogP contribution in [-0.4, -0.2) is 28.7 Å². The summed E-state index contributed by atoms with van der Waals surface area (Å²) in [7, 11) is 0. The Labute approximate surface area is 124 Å². The van der Waals surface area contributed by atoms with E-state index < -0.39 is 0 Å². The number of hydrogen-bond acceptors (Lipinski definition) is 4. The molecule has 0 amide bonds. The molecular weight excluding hydrogens is 268 g/mol. The molecule has 0 unspecified atom stereocenters. The number of carbonyl (C=O) groups excluding carboxylic acids is 1. The van der Waals surface area contributed by atoms with Crippen molar-refractivity contribution in [1.29, 1.82) is 0 Å². The van der Waals surface area contributed by atoms with Gasteiger partial charge in [-0.05, 0) is 19.4 Å². The molecule has 0 fully saturated rings. The predicted molar refractivity (Wildman–Crippen MR) is 79.1 cm³/mol. The lowest BCUT2D eigenvalue weighted by Crippen LogP contribution is -2.08.